The van der Waals surface area contributed by atoms with Crippen molar-refractivity contribution in [2.45, 2.75) is 13.8 Å². The van der Waals surface area contributed by atoms with Crippen molar-refractivity contribution in [3.05, 3.63) is 29.8 Å². The number of esters is 1. The first-order valence-corrected chi connectivity index (χ1v) is 7.33. The first-order valence-electron chi connectivity index (χ1n) is 5.81. The summed E-state index contributed by atoms with van der Waals surface area (Å²) in [6.07, 6.45) is 0. The molecule has 0 aliphatic carbocycles. The smallest absolute Gasteiger partial charge is 0.338 e. The van der Waals surface area contributed by atoms with Gasteiger partial charge in [0, 0.05) is 23.2 Å². The molecule has 0 aliphatic heterocycles. The normalized spacial score (nSPS) is 10.1. The number of carbonyl (C=O) groups excluding carboxylic acids is 1. The van der Waals surface area contributed by atoms with Crippen LogP contribution in [-0.2, 0) is 4.74 Å². The standard InChI is InChI=1S/C13H18INO2/c1-3-15(10-9-14)12-7-5-11(6-8-12)13(16)17-4-2/h5-8H,3-4,9-10H2,1-2H3. The number of rotatable bonds is 6. The molecule has 1 aromatic carbocycles. The van der Waals surface area contributed by atoms with Crippen LogP contribution in [0.1, 0.15) is 24.2 Å². The number of hydrogen-bond donors (Lipinski definition) is 0. The maximum atomic E-state index is 11.5. The third kappa shape index (κ3) is 4.18. The Labute approximate surface area is 116 Å². The number of nitrogens with zero attached hydrogens (tertiary/aromatic N) is 1. The fraction of sp³-hybridized carbons (Fsp3) is 0.462. The van der Waals surface area contributed by atoms with Gasteiger partial charge in [-0.25, -0.2) is 4.79 Å². The van der Waals surface area contributed by atoms with E-state index in [2.05, 4.69) is 34.4 Å². The van der Waals surface area contributed by atoms with Crippen LogP contribution in [0.25, 0.3) is 0 Å². The summed E-state index contributed by atoms with van der Waals surface area (Å²) in [7, 11) is 0. The van der Waals surface area contributed by atoms with E-state index < -0.39 is 0 Å². The lowest BCUT2D eigenvalue weighted by Gasteiger charge is -2.22. The molecule has 0 saturated carbocycles. The van der Waals surface area contributed by atoms with E-state index in [0.717, 1.165) is 23.2 Å². The Bertz CT molecular complexity index is 351. The maximum Gasteiger partial charge on any atom is 0.338 e. The third-order valence-corrected chi connectivity index (χ3v) is 2.96. The van der Waals surface area contributed by atoms with Gasteiger partial charge in [-0.1, -0.05) is 22.6 Å². The predicted octanol–water partition coefficient (Wildman–Crippen LogP) is 3.12. The van der Waals surface area contributed by atoms with E-state index in [1.807, 2.05) is 31.2 Å². The molecular weight excluding hydrogens is 329 g/mol. The van der Waals surface area contributed by atoms with Crippen LogP contribution in [0.5, 0.6) is 0 Å². The highest BCUT2D eigenvalue weighted by Crippen LogP contribution is 2.15. The van der Waals surface area contributed by atoms with Crippen LogP contribution in [0.2, 0.25) is 0 Å². The lowest BCUT2D eigenvalue weighted by Crippen LogP contribution is -2.24. The molecule has 0 aromatic heterocycles. The molecule has 0 unspecified atom stereocenters. The number of anilines is 1. The Kier molecular flexibility index (Phi) is 6.32. The lowest BCUT2D eigenvalue weighted by atomic mass is 10.2. The Morgan fingerprint density at radius 1 is 1.29 bits per heavy atom. The maximum absolute atomic E-state index is 11.5. The van der Waals surface area contributed by atoms with E-state index in [0.29, 0.717) is 12.2 Å². The highest BCUT2D eigenvalue weighted by molar-refractivity contribution is 14.1. The van der Waals surface area contributed by atoms with Crippen LogP contribution in [-0.4, -0.2) is 30.1 Å². The van der Waals surface area contributed by atoms with Crippen LogP contribution in [0, 0.1) is 0 Å². The van der Waals surface area contributed by atoms with Gasteiger partial charge in [-0.3, -0.25) is 0 Å². The molecule has 94 valence electrons. The molecule has 0 radical (unpaired) electrons. The third-order valence-electron chi connectivity index (χ3n) is 2.48. The molecule has 1 aromatic rings. The van der Waals surface area contributed by atoms with Gasteiger partial charge >= 0.3 is 5.97 Å². The highest BCUT2D eigenvalue weighted by Gasteiger charge is 2.07. The van der Waals surface area contributed by atoms with Crippen molar-refractivity contribution < 1.29 is 9.53 Å². The van der Waals surface area contributed by atoms with Crippen molar-refractivity contribution in [3.8, 4) is 0 Å². The molecule has 1 rings (SSSR count). The number of halogens is 1. The molecule has 0 spiro atoms. The summed E-state index contributed by atoms with van der Waals surface area (Å²) in [4.78, 5) is 13.8. The number of alkyl halides is 1. The summed E-state index contributed by atoms with van der Waals surface area (Å²) in [5, 5.41) is 0. The van der Waals surface area contributed by atoms with Crippen LogP contribution in [0.3, 0.4) is 0 Å². The molecule has 0 N–H and O–H groups in total. The minimum Gasteiger partial charge on any atom is -0.462 e. The van der Waals surface area contributed by atoms with Gasteiger partial charge in [-0.05, 0) is 38.1 Å². The summed E-state index contributed by atoms with van der Waals surface area (Å²) >= 11 is 2.37. The van der Waals surface area contributed by atoms with Crippen molar-refractivity contribution in [2.24, 2.45) is 0 Å². The minimum atomic E-state index is -0.254. The van der Waals surface area contributed by atoms with Crippen molar-refractivity contribution in [1.82, 2.24) is 0 Å². The van der Waals surface area contributed by atoms with Crippen LogP contribution in [0.4, 0.5) is 5.69 Å². The van der Waals surface area contributed by atoms with E-state index in [1.165, 1.54) is 0 Å². The molecule has 4 heteroatoms. The van der Waals surface area contributed by atoms with E-state index >= 15 is 0 Å². The number of benzene rings is 1. The second-order valence-corrected chi connectivity index (χ2v) is 4.61. The van der Waals surface area contributed by atoms with Crippen molar-refractivity contribution in [1.29, 1.82) is 0 Å². The van der Waals surface area contributed by atoms with E-state index in [4.69, 9.17) is 4.74 Å². The minimum absolute atomic E-state index is 0.254. The molecule has 0 fully saturated rings. The molecule has 0 bridgehead atoms. The van der Waals surface area contributed by atoms with Gasteiger partial charge < -0.3 is 9.64 Å². The topological polar surface area (TPSA) is 29.5 Å². The zero-order valence-corrected chi connectivity index (χ0v) is 12.4. The molecule has 0 atom stereocenters. The van der Waals surface area contributed by atoms with Crippen LogP contribution < -0.4 is 4.90 Å². The fourth-order valence-corrected chi connectivity index (χ4v) is 2.18. The molecule has 0 saturated heterocycles. The van der Waals surface area contributed by atoms with Gasteiger partial charge in [0.2, 0.25) is 0 Å². The average molecular weight is 347 g/mol. The van der Waals surface area contributed by atoms with Gasteiger partial charge in [-0.15, -0.1) is 0 Å². The Morgan fingerprint density at radius 2 is 1.94 bits per heavy atom. The van der Waals surface area contributed by atoms with Gasteiger partial charge in [-0.2, -0.15) is 0 Å². The van der Waals surface area contributed by atoms with Crippen molar-refractivity contribution >= 4 is 34.2 Å². The molecular formula is C13H18INO2. The van der Waals surface area contributed by atoms with Gasteiger partial charge in [0.05, 0.1) is 12.2 Å². The fourth-order valence-electron chi connectivity index (χ4n) is 1.59. The predicted molar refractivity (Wildman–Crippen MR) is 79.2 cm³/mol. The first-order chi connectivity index (χ1) is 8.22. The van der Waals surface area contributed by atoms with Gasteiger partial charge in [0.1, 0.15) is 0 Å². The molecule has 3 nitrogen and oxygen atoms in total. The summed E-state index contributed by atoms with van der Waals surface area (Å²) < 4.78 is 6.04. The summed E-state index contributed by atoms with van der Waals surface area (Å²) in [6.45, 7) is 6.35. The summed E-state index contributed by atoms with van der Waals surface area (Å²) in [5.41, 5.74) is 1.76. The molecule has 0 heterocycles. The number of carbonyl (C=O) groups is 1. The zero-order valence-electron chi connectivity index (χ0n) is 10.3. The lowest BCUT2D eigenvalue weighted by molar-refractivity contribution is 0.0526. The number of hydrogen-bond acceptors (Lipinski definition) is 3. The van der Waals surface area contributed by atoms with E-state index in [1.54, 1.807) is 0 Å². The summed E-state index contributed by atoms with van der Waals surface area (Å²) in [6, 6.07) is 7.59. The van der Waals surface area contributed by atoms with Crippen LogP contribution >= 0.6 is 22.6 Å². The average Bonchev–Trinajstić information content (AvgIpc) is 2.36. The van der Waals surface area contributed by atoms with Crippen molar-refractivity contribution in [2.75, 3.05) is 29.0 Å². The first kappa shape index (κ1) is 14.3. The second-order valence-electron chi connectivity index (χ2n) is 3.54. The van der Waals surface area contributed by atoms with Crippen molar-refractivity contribution in [3.63, 3.8) is 0 Å². The van der Waals surface area contributed by atoms with Crippen LogP contribution in [0.15, 0.2) is 24.3 Å². The zero-order chi connectivity index (χ0) is 12.7. The Morgan fingerprint density at radius 3 is 2.41 bits per heavy atom. The molecule has 0 amide bonds. The molecule has 0 aliphatic rings. The Hall–Kier alpha value is -0.780. The van der Waals surface area contributed by atoms with Gasteiger partial charge in [0.25, 0.3) is 0 Å². The van der Waals surface area contributed by atoms with Gasteiger partial charge in [0.15, 0.2) is 0 Å². The van der Waals surface area contributed by atoms with E-state index in [-0.39, 0.29) is 5.97 Å². The summed E-state index contributed by atoms with van der Waals surface area (Å²) in [5.74, 6) is -0.254. The second kappa shape index (κ2) is 7.53. The Balaban J connectivity index is 2.76. The number of ether oxygens (including phenoxy) is 1. The quantitative estimate of drug-likeness (QED) is 0.450. The highest BCUT2D eigenvalue weighted by atomic mass is 127. The van der Waals surface area contributed by atoms with E-state index in [9.17, 15) is 4.79 Å². The largest absolute Gasteiger partial charge is 0.462 e. The monoisotopic (exact) mass is 347 g/mol. The molecule has 17 heavy (non-hydrogen) atoms. The SMILES string of the molecule is CCOC(=O)c1ccc(N(CC)CCI)cc1.